The first-order valence-corrected chi connectivity index (χ1v) is 6.80. The second-order valence-electron chi connectivity index (χ2n) is 5.59. The van der Waals surface area contributed by atoms with Gasteiger partial charge in [-0.25, -0.2) is 0 Å². The van der Waals surface area contributed by atoms with Crippen molar-refractivity contribution in [2.75, 3.05) is 27.2 Å². The monoisotopic (exact) mass is 313 g/mol. The van der Waals surface area contributed by atoms with Crippen LogP contribution in [0.4, 0.5) is 0 Å². The number of quaternary nitrogens is 1. The second-order valence-corrected chi connectivity index (χ2v) is 5.59. The minimum Gasteiger partial charge on any atom is -1.00 e. The van der Waals surface area contributed by atoms with Gasteiger partial charge in [0.1, 0.15) is 6.54 Å². The molecule has 0 bridgehead atoms. The molecule has 0 aliphatic heterocycles. The van der Waals surface area contributed by atoms with Crippen LogP contribution in [0, 0.1) is 0 Å². The molecule has 5 heteroatoms. The molecule has 0 unspecified atom stereocenters. The van der Waals surface area contributed by atoms with Gasteiger partial charge in [0.15, 0.2) is 0 Å². The number of carbonyl (C=O) groups excluding carboxylic acids is 1. The van der Waals surface area contributed by atoms with Crippen molar-refractivity contribution in [3.8, 4) is 0 Å². The van der Waals surface area contributed by atoms with Crippen LogP contribution in [0.25, 0.3) is 0 Å². The van der Waals surface area contributed by atoms with Crippen molar-refractivity contribution < 1.29 is 21.7 Å². The topological polar surface area (TPSA) is 69.1 Å². The summed E-state index contributed by atoms with van der Waals surface area (Å²) in [5.41, 5.74) is 12.0. The van der Waals surface area contributed by atoms with E-state index in [4.69, 9.17) is 11.5 Å². The van der Waals surface area contributed by atoms with Crippen molar-refractivity contribution >= 4 is 5.91 Å². The van der Waals surface area contributed by atoms with Gasteiger partial charge in [-0.1, -0.05) is 36.9 Å². The Bertz CT molecular complexity index is 407. The predicted octanol–water partition coefficient (Wildman–Crippen LogP) is -1.34. The lowest BCUT2D eigenvalue weighted by atomic mass is 10.2. The van der Waals surface area contributed by atoms with Gasteiger partial charge in [0.05, 0.1) is 20.6 Å². The molecular formula is C16H28ClN3O. The van der Waals surface area contributed by atoms with Crippen molar-refractivity contribution in [2.45, 2.75) is 19.9 Å². The first-order chi connectivity index (χ1) is 9.28. The highest BCUT2D eigenvalue weighted by atomic mass is 35.5. The van der Waals surface area contributed by atoms with Crippen molar-refractivity contribution in [1.82, 2.24) is 0 Å². The summed E-state index contributed by atoms with van der Waals surface area (Å²) < 4.78 is 1.02. The third-order valence-electron chi connectivity index (χ3n) is 2.84. The van der Waals surface area contributed by atoms with Gasteiger partial charge in [-0.15, -0.1) is 0 Å². The maximum Gasteiger partial charge on any atom is 0.243 e. The Hall–Kier alpha value is -1.36. The third-order valence-corrected chi connectivity index (χ3v) is 2.84. The van der Waals surface area contributed by atoms with Gasteiger partial charge in [0.25, 0.3) is 0 Å². The summed E-state index contributed by atoms with van der Waals surface area (Å²) in [6.45, 7) is 7.87. The van der Waals surface area contributed by atoms with Crippen molar-refractivity contribution in [3.05, 3.63) is 48.0 Å². The summed E-state index contributed by atoms with van der Waals surface area (Å²) in [5.74, 6) is -0.435. The van der Waals surface area contributed by atoms with Crippen molar-refractivity contribution in [2.24, 2.45) is 11.5 Å². The SMILES string of the molecule is C=C(C)C(N)=O.C[N+](C)(CCCN)Cc1ccccc1.[Cl-]. The molecule has 0 saturated carbocycles. The molecule has 21 heavy (non-hydrogen) atoms. The van der Waals surface area contributed by atoms with Crippen LogP contribution >= 0.6 is 0 Å². The fourth-order valence-corrected chi connectivity index (χ4v) is 1.68. The van der Waals surface area contributed by atoms with Gasteiger partial charge in [-0.3, -0.25) is 4.79 Å². The molecule has 0 aliphatic rings. The summed E-state index contributed by atoms with van der Waals surface area (Å²) in [6.07, 6.45) is 1.10. The van der Waals surface area contributed by atoms with Gasteiger partial charge in [-0.05, 0) is 13.5 Å². The smallest absolute Gasteiger partial charge is 0.243 e. The minimum absolute atomic E-state index is 0. The number of nitrogens with zero attached hydrogens (tertiary/aromatic N) is 1. The van der Waals surface area contributed by atoms with E-state index in [0.29, 0.717) is 5.57 Å². The summed E-state index contributed by atoms with van der Waals surface area (Å²) in [7, 11) is 4.51. The molecule has 0 saturated heterocycles. The van der Waals surface area contributed by atoms with E-state index < -0.39 is 5.91 Å². The van der Waals surface area contributed by atoms with E-state index in [9.17, 15) is 4.79 Å². The van der Waals surface area contributed by atoms with E-state index in [0.717, 1.165) is 30.5 Å². The number of carbonyl (C=O) groups is 1. The summed E-state index contributed by atoms with van der Waals surface area (Å²) in [5, 5.41) is 0. The van der Waals surface area contributed by atoms with Crippen molar-refractivity contribution in [3.63, 3.8) is 0 Å². The molecule has 4 nitrogen and oxygen atoms in total. The van der Waals surface area contributed by atoms with Crippen LogP contribution in [0.5, 0.6) is 0 Å². The summed E-state index contributed by atoms with van der Waals surface area (Å²) in [4.78, 5) is 9.82. The van der Waals surface area contributed by atoms with E-state index in [2.05, 4.69) is 51.0 Å². The second kappa shape index (κ2) is 11.3. The zero-order valence-electron chi connectivity index (χ0n) is 13.3. The molecule has 4 N–H and O–H groups in total. The molecule has 1 aromatic carbocycles. The Balaban J connectivity index is 0. The zero-order chi connectivity index (χ0) is 15.6. The molecule has 0 heterocycles. The van der Waals surface area contributed by atoms with Gasteiger partial charge in [-0.2, -0.15) is 0 Å². The van der Waals surface area contributed by atoms with Gasteiger partial charge in [0, 0.05) is 17.6 Å². The number of rotatable bonds is 6. The molecule has 0 spiro atoms. The normalized spacial score (nSPS) is 9.90. The van der Waals surface area contributed by atoms with Crippen LogP contribution in [0.1, 0.15) is 18.9 Å². The number of nitrogens with two attached hydrogens (primary N) is 2. The lowest BCUT2D eigenvalue weighted by Gasteiger charge is -2.29. The average Bonchev–Trinajstić information content (AvgIpc) is 2.38. The van der Waals surface area contributed by atoms with E-state index in [1.807, 2.05) is 0 Å². The van der Waals surface area contributed by atoms with Crippen LogP contribution in [0.2, 0.25) is 0 Å². The van der Waals surface area contributed by atoms with Gasteiger partial charge in [0.2, 0.25) is 5.91 Å². The zero-order valence-corrected chi connectivity index (χ0v) is 14.1. The minimum atomic E-state index is -0.435. The van der Waals surface area contributed by atoms with Crippen LogP contribution in [0.15, 0.2) is 42.5 Å². The Morgan fingerprint density at radius 1 is 1.24 bits per heavy atom. The lowest BCUT2D eigenvalue weighted by molar-refractivity contribution is -0.903. The summed E-state index contributed by atoms with van der Waals surface area (Å²) in [6, 6.07) is 10.6. The lowest BCUT2D eigenvalue weighted by Crippen LogP contribution is -3.00. The largest absolute Gasteiger partial charge is 1.00 e. The Labute approximate surface area is 134 Å². The maximum atomic E-state index is 9.82. The van der Waals surface area contributed by atoms with Gasteiger partial charge >= 0.3 is 0 Å². The highest BCUT2D eigenvalue weighted by Crippen LogP contribution is 2.09. The Kier molecular flexibility index (Phi) is 11.8. The number of amides is 1. The number of primary amides is 1. The van der Waals surface area contributed by atoms with Crippen LogP contribution in [-0.2, 0) is 11.3 Å². The molecule has 1 rings (SSSR count). The molecular weight excluding hydrogens is 286 g/mol. The number of halogens is 1. The first-order valence-electron chi connectivity index (χ1n) is 6.80. The molecule has 1 aromatic rings. The highest BCUT2D eigenvalue weighted by Gasteiger charge is 2.14. The first kappa shape index (κ1) is 21.9. The average molecular weight is 314 g/mol. The van der Waals surface area contributed by atoms with E-state index in [1.165, 1.54) is 5.56 Å². The van der Waals surface area contributed by atoms with Gasteiger partial charge < -0.3 is 28.4 Å². The van der Waals surface area contributed by atoms with Crippen molar-refractivity contribution in [1.29, 1.82) is 0 Å². The maximum absolute atomic E-state index is 9.82. The molecule has 0 radical (unpaired) electrons. The quantitative estimate of drug-likeness (QED) is 0.504. The fourth-order valence-electron chi connectivity index (χ4n) is 1.68. The number of benzene rings is 1. The van der Waals surface area contributed by atoms with E-state index in [1.54, 1.807) is 6.92 Å². The Morgan fingerprint density at radius 2 is 1.71 bits per heavy atom. The standard InChI is InChI=1S/C12H21N2.C4H7NO.ClH/c1-14(2,10-6-9-13)11-12-7-4-3-5-8-12;1-3(2)4(5)6;/h3-5,7-8H,6,9-11,13H2,1-2H3;1H2,2H3,(H2,5,6);1H/q+1;;/p-1. The van der Waals surface area contributed by atoms with E-state index in [-0.39, 0.29) is 12.4 Å². The number of hydrogen-bond acceptors (Lipinski definition) is 2. The highest BCUT2D eigenvalue weighted by molar-refractivity contribution is 5.90. The molecule has 0 aliphatic carbocycles. The van der Waals surface area contributed by atoms with Crippen LogP contribution in [-0.4, -0.2) is 37.6 Å². The predicted molar refractivity (Wildman–Crippen MR) is 84.8 cm³/mol. The molecule has 0 atom stereocenters. The molecule has 1 amide bonds. The molecule has 0 aromatic heterocycles. The number of hydrogen-bond donors (Lipinski definition) is 2. The van der Waals surface area contributed by atoms with E-state index >= 15 is 0 Å². The van der Waals surface area contributed by atoms with Crippen LogP contribution in [0.3, 0.4) is 0 Å². The molecule has 0 fully saturated rings. The molecule has 120 valence electrons. The third kappa shape index (κ3) is 12.1. The fraction of sp³-hybridized carbons (Fsp3) is 0.438. The summed E-state index contributed by atoms with van der Waals surface area (Å²) >= 11 is 0. The Morgan fingerprint density at radius 3 is 2.10 bits per heavy atom. The van der Waals surface area contributed by atoms with Crippen LogP contribution < -0.4 is 23.9 Å².